The summed E-state index contributed by atoms with van der Waals surface area (Å²) in [6, 6.07) is 0. The Kier molecular flexibility index (Phi) is 2.84. The minimum atomic E-state index is -1.08. The number of amides is 2. The first kappa shape index (κ1) is 9.23. The second-order valence-electron chi connectivity index (χ2n) is 2.00. The third-order valence-corrected chi connectivity index (χ3v) is 1.59. The molecule has 0 aromatic rings. The highest BCUT2D eigenvalue weighted by atomic mass is 127. The number of hydrogen-bond donors (Lipinski definition) is 0. The highest BCUT2D eigenvalue weighted by molar-refractivity contribution is 14.1. The van der Waals surface area contributed by atoms with Gasteiger partial charge >= 0.3 is 6.16 Å². The van der Waals surface area contributed by atoms with Gasteiger partial charge in [-0.15, -0.1) is 0 Å². The lowest BCUT2D eigenvalue weighted by Gasteiger charge is -2.09. The lowest BCUT2D eigenvalue weighted by molar-refractivity contribution is -0.173. The van der Waals surface area contributed by atoms with Crippen molar-refractivity contribution in [2.45, 2.75) is 12.8 Å². The van der Waals surface area contributed by atoms with Crippen LogP contribution < -0.4 is 0 Å². The van der Waals surface area contributed by atoms with Crippen LogP contribution in [-0.2, 0) is 17.5 Å². The van der Waals surface area contributed by atoms with E-state index in [-0.39, 0.29) is 12.8 Å². The molecule has 1 rings (SSSR count). The van der Waals surface area contributed by atoms with Crippen LogP contribution >= 0.6 is 23.0 Å². The Bertz CT molecular complexity index is 224. The third kappa shape index (κ3) is 1.84. The van der Waals surface area contributed by atoms with E-state index >= 15 is 0 Å². The van der Waals surface area contributed by atoms with E-state index in [4.69, 9.17) is 0 Å². The summed E-state index contributed by atoms with van der Waals surface area (Å²) >= 11 is 1.29. The van der Waals surface area contributed by atoms with Crippen LogP contribution in [0.5, 0.6) is 0 Å². The molecular formula is C5H4INO5. The van der Waals surface area contributed by atoms with Crippen LogP contribution in [0.3, 0.4) is 0 Å². The maximum absolute atomic E-state index is 10.8. The van der Waals surface area contributed by atoms with Gasteiger partial charge in [-0.2, -0.15) is 0 Å². The summed E-state index contributed by atoms with van der Waals surface area (Å²) < 4.78 is 4.07. The second kappa shape index (κ2) is 3.70. The Hall–Kier alpha value is -0.860. The highest BCUT2D eigenvalue weighted by Crippen LogP contribution is 2.12. The standard InChI is InChI=1S/C5H4INO5/c6-11-5(10)12-7-3(8)1-2-4(7)9/h1-2H2. The van der Waals surface area contributed by atoms with Crippen molar-refractivity contribution in [3.8, 4) is 0 Å². The predicted molar refractivity (Wildman–Crippen MR) is 42.7 cm³/mol. The summed E-state index contributed by atoms with van der Waals surface area (Å²) in [5.74, 6) is -1.05. The van der Waals surface area contributed by atoms with Crippen LogP contribution in [-0.4, -0.2) is 23.0 Å². The molecule has 0 spiro atoms. The van der Waals surface area contributed by atoms with E-state index in [9.17, 15) is 14.4 Å². The van der Waals surface area contributed by atoms with Crippen LogP contribution in [0, 0.1) is 0 Å². The molecule has 0 aromatic heterocycles. The number of hydrogen-bond acceptors (Lipinski definition) is 5. The van der Waals surface area contributed by atoms with Gasteiger partial charge in [0.2, 0.25) is 0 Å². The quantitative estimate of drug-likeness (QED) is 0.519. The SMILES string of the molecule is O=C(OI)ON1C(=O)CCC1=O. The van der Waals surface area contributed by atoms with E-state index in [1.54, 1.807) is 0 Å². The van der Waals surface area contributed by atoms with E-state index in [2.05, 4.69) is 7.90 Å². The number of carbonyl (C=O) groups is 3. The number of carbonyl (C=O) groups excluding carboxylic acids is 3. The second-order valence-corrected chi connectivity index (χ2v) is 2.44. The zero-order chi connectivity index (χ0) is 9.14. The number of rotatable bonds is 1. The molecular weight excluding hydrogens is 281 g/mol. The molecule has 0 saturated carbocycles. The van der Waals surface area contributed by atoms with Crippen LogP contribution in [0.4, 0.5) is 4.79 Å². The zero-order valence-corrected chi connectivity index (χ0v) is 7.94. The van der Waals surface area contributed by atoms with E-state index in [0.29, 0.717) is 5.06 Å². The van der Waals surface area contributed by atoms with Crippen molar-refractivity contribution in [3.05, 3.63) is 0 Å². The van der Waals surface area contributed by atoms with Gasteiger partial charge in [0.15, 0.2) is 23.0 Å². The maximum atomic E-state index is 10.8. The van der Waals surface area contributed by atoms with Gasteiger partial charge in [0.05, 0.1) is 0 Å². The first-order chi connectivity index (χ1) is 5.65. The average molecular weight is 285 g/mol. The van der Waals surface area contributed by atoms with Gasteiger partial charge in [-0.25, -0.2) is 4.79 Å². The van der Waals surface area contributed by atoms with E-state index in [1.165, 1.54) is 23.0 Å². The molecule has 2 amide bonds. The van der Waals surface area contributed by atoms with Gasteiger partial charge in [-0.1, -0.05) is 5.06 Å². The molecule has 1 heterocycles. The van der Waals surface area contributed by atoms with Crippen molar-refractivity contribution in [1.29, 1.82) is 0 Å². The first-order valence-electron chi connectivity index (χ1n) is 3.01. The molecule has 66 valence electrons. The highest BCUT2D eigenvalue weighted by Gasteiger charge is 2.33. The van der Waals surface area contributed by atoms with Crippen LogP contribution in [0.2, 0.25) is 0 Å². The van der Waals surface area contributed by atoms with Crippen molar-refractivity contribution >= 4 is 41.0 Å². The fourth-order valence-electron chi connectivity index (χ4n) is 0.746. The van der Waals surface area contributed by atoms with Gasteiger partial charge in [0.1, 0.15) is 0 Å². The topological polar surface area (TPSA) is 72.9 Å². The Morgan fingerprint density at radius 3 is 2.25 bits per heavy atom. The number of hydroxylamine groups is 2. The number of imide groups is 1. The van der Waals surface area contributed by atoms with Gasteiger partial charge in [-0.05, 0) is 0 Å². The Morgan fingerprint density at radius 1 is 1.33 bits per heavy atom. The molecule has 12 heavy (non-hydrogen) atoms. The molecule has 7 heteroatoms. The van der Waals surface area contributed by atoms with Gasteiger partial charge in [-0.3, -0.25) is 14.4 Å². The van der Waals surface area contributed by atoms with Crippen molar-refractivity contribution in [2.75, 3.05) is 0 Å². The lowest BCUT2D eigenvalue weighted by Crippen LogP contribution is -2.31. The Morgan fingerprint density at radius 2 is 1.83 bits per heavy atom. The minimum Gasteiger partial charge on any atom is -0.362 e. The van der Waals surface area contributed by atoms with E-state index in [0.717, 1.165) is 0 Å². The molecule has 0 atom stereocenters. The first-order valence-corrected chi connectivity index (χ1v) is 3.89. The van der Waals surface area contributed by atoms with Crippen LogP contribution in [0.25, 0.3) is 0 Å². The molecule has 0 radical (unpaired) electrons. The van der Waals surface area contributed by atoms with Crippen molar-refractivity contribution in [3.63, 3.8) is 0 Å². The lowest BCUT2D eigenvalue weighted by atomic mass is 10.4. The molecule has 1 saturated heterocycles. The minimum absolute atomic E-state index is 0.0767. The monoisotopic (exact) mass is 285 g/mol. The molecule has 0 aliphatic carbocycles. The fourth-order valence-corrected chi connectivity index (χ4v) is 0.827. The van der Waals surface area contributed by atoms with Crippen molar-refractivity contribution < 1.29 is 22.3 Å². The summed E-state index contributed by atoms with van der Waals surface area (Å²) in [5, 5.41) is 0.418. The van der Waals surface area contributed by atoms with Crippen LogP contribution in [0.1, 0.15) is 12.8 Å². The summed E-state index contributed by atoms with van der Waals surface area (Å²) in [6.07, 6.45) is -0.931. The zero-order valence-electron chi connectivity index (χ0n) is 5.78. The molecule has 1 aliphatic heterocycles. The molecule has 6 nitrogen and oxygen atoms in total. The molecule has 0 aromatic carbocycles. The average Bonchev–Trinajstić information content (AvgIpc) is 2.35. The Balaban J connectivity index is 2.56. The fraction of sp³-hybridized carbons (Fsp3) is 0.400. The summed E-state index contributed by atoms with van der Waals surface area (Å²) in [6.45, 7) is 0. The van der Waals surface area contributed by atoms with Gasteiger partial charge in [0, 0.05) is 12.8 Å². The van der Waals surface area contributed by atoms with E-state index < -0.39 is 18.0 Å². The normalized spacial score (nSPS) is 16.6. The molecule has 0 bridgehead atoms. The maximum Gasteiger partial charge on any atom is 0.543 e. The summed E-state index contributed by atoms with van der Waals surface area (Å²) in [4.78, 5) is 36.3. The number of halogens is 1. The summed E-state index contributed by atoms with van der Waals surface area (Å²) in [7, 11) is 0. The number of nitrogens with zero attached hydrogens (tertiary/aromatic N) is 1. The molecule has 0 unspecified atom stereocenters. The van der Waals surface area contributed by atoms with Gasteiger partial charge in [0.25, 0.3) is 11.8 Å². The smallest absolute Gasteiger partial charge is 0.362 e. The third-order valence-electron chi connectivity index (χ3n) is 1.23. The molecule has 0 N–H and O–H groups in total. The van der Waals surface area contributed by atoms with E-state index in [1.807, 2.05) is 0 Å². The molecule has 1 fully saturated rings. The largest absolute Gasteiger partial charge is 0.543 e. The summed E-state index contributed by atoms with van der Waals surface area (Å²) in [5.41, 5.74) is 0. The van der Waals surface area contributed by atoms with Crippen LogP contribution in [0.15, 0.2) is 0 Å². The molecule has 1 aliphatic rings. The van der Waals surface area contributed by atoms with Crippen molar-refractivity contribution in [2.24, 2.45) is 0 Å². The predicted octanol–water partition coefficient (Wildman–Crippen LogP) is 0.554. The Labute approximate surface area is 81.4 Å². The van der Waals surface area contributed by atoms with Crippen molar-refractivity contribution in [1.82, 2.24) is 5.06 Å². The van der Waals surface area contributed by atoms with Gasteiger partial charge < -0.3 is 3.07 Å².